The van der Waals surface area contributed by atoms with Gasteiger partial charge in [-0.25, -0.2) is 0 Å². The van der Waals surface area contributed by atoms with Crippen LogP contribution in [0.4, 0.5) is 0 Å². The zero-order chi connectivity index (χ0) is 19.5. The first-order chi connectivity index (χ1) is 12.3. The van der Waals surface area contributed by atoms with Crippen LogP contribution in [0.3, 0.4) is 0 Å². The Hall–Kier alpha value is -0.910. The van der Waals surface area contributed by atoms with E-state index in [9.17, 15) is 0 Å². The molecule has 0 spiro atoms. The summed E-state index contributed by atoms with van der Waals surface area (Å²) in [5.74, 6) is 1.66. The highest BCUT2D eigenvalue weighted by Gasteiger charge is 2.15. The van der Waals surface area contributed by atoms with Crippen LogP contribution in [0.15, 0.2) is 27.3 Å². The summed E-state index contributed by atoms with van der Waals surface area (Å²) in [5.41, 5.74) is 1.93. The van der Waals surface area contributed by atoms with Gasteiger partial charge < -0.3 is 14.3 Å². The first-order valence-corrected chi connectivity index (χ1v) is 10.1. The van der Waals surface area contributed by atoms with Crippen molar-refractivity contribution in [2.75, 3.05) is 19.8 Å². The van der Waals surface area contributed by atoms with Crippen LogP contribution >= 0.6 is 39.1 Å². The molecular weight excluding hydrogens is 441 g/mol. The Balaban J connectivity index is 2.63. The van der Waals surface area contributed by atoms with Crippen molar-refractivity contribution in [2.24, 2.45) is 5.16 Å². The SMILES string of the molecule is CC(C)=NOCCCCOc1c(Cl)cc(OC/C=C(\Cl)Br)cc1C(C)C. The second-order valence-corrected chi connectivity index (χ2v) is 8.34. The first-order valence-electron chi connectivity index (χ1n) is 8.54. The van der Waals surface area contributed by atoms with Crippen molar-refractivity contribution in [3.63, 3.8) is 0 Å². The molecule has 0 heterocycles. The number of oxime groups is 1. The summed E-state index contributed by atoms with van der Waals surface area (Å²) in [4.78, 5) is 5.18. The van der Waals surface area contributed by atoms with Gasteiger partial charge in [0.1, 0.15) is 24.7 Å². The van der Waals surface area contributed by atoms with Crippen molar-refractivity contribution in [3.05, 3.63) is 32.7 Å². The van der Waals surface area contributed by atoms with Crippen LogP contribution in [0.25, 0.3) is 0 Å². The van der Waals surface area contributed by atoms with Crippen LogP contribution in [-0.4, -0.2) is 25.5 Å². The number of ether oxygens (including phenoxy) is 2. The lowest BCUT2D eigenvalue weighted by molar-refractivity contribution is 0.135. The van der Waals surface area contributed by atoms with E-state index in [4.69, 9.17) is 37.5 Å². The topological polar surface area (TPSA) is 40.0 Å². The van der Waals surface area contributed by atoms with Crippen molar-refractivity contribution < 1.29 is 14.3 Å². The standard InChI is InChI=1S/C19H26BrCl2NO3/c1-13(2)16-11-15(24-10-7-18(20)22)12-17(21)19(16)25-8-5-6-9-26-23-14(3)4/h7,11-13H,5-6,8-10H2,1-4H3/b18-7-. The van der Waals surface area contributed by atoms with E-state index in [0.717, 1.165) is 24.1 Å². The Morgan fingerprint density at radius 1 is 1.19 bits per heavy atom. The Morgan fingerprint density at radius 2 is 1.88 bits per heavy atom. The highest BCUT2D eigenvalue weighted by Crippen LogP contribution is 2.37. The largest absolute Gasteiger partial charge is 0.492 e. The molecule has 0 aromatic heterocycles. The van der Waals surface area contributed by atoms with Crippen LogP contribution in [-0.2, 0) is 4.84 Å². The summed E-state index contributed by atoms with van der Waals surface area (Å²) >= 11 is 15.3. The van der Waals surface area contributed by atoms with Gasteiger partial charge in [-0.3, -0.25) is 0 Å². The van der Waals surface area contributed by atoms with Crippen molar-refractivity contribution in [1.29, 1.82) is 0 Å². The van der Waals surface area contributed by atoms with E-state index in [2.05, 4.69) is 34.9 Å². The molecule has 0 N–H and O–H groups in total. The van der Waals surface area contributed by atoms with Crippen LogP contribution in [0.5, 0.6) is 11.5 Å². The fraction of sp³-hybridized carbons (Fsp3) is 0.526. The number of benzene rings is 1. The van der Waals surface area contributed by atoms with Gasteiger partial charge in [-0.1, -0.05) is 42.2 Å². The maximum atomic E-state index is 6.42. The molecule has 0 aliphatic rings. The summed E-state index contributed by atoms with van der Waals surface area (Å²) in [6, 6.07) is 3.73. The number of halogens is 3. The van der Waals surface area contributed by atoms with E-state index >= 15 is 0 Å². The molecule has 0 unspecified atom stereocenters. The lowest BCUT2D eigenvalue weighted by atomic mass is 10.0. The minimum atomic E-state index is 0.256. The Kier molecular flexibility index (Phi) is 11.1. The fourth-order valence-electron chi connectivity index (χ4n) is 2.07. The third-order valence-corrected chi connectivity index (χ3v) is 4.04. The second-order valence-electron chi connectivity index (χ2n) is 6.21. The number of hydrogen-bond acceptors (Lipinski definition) is 4. The molecule has 1 rings (SSSR count). The van der Waals surface area contributed by atoms with Crippen LogP contribution < -0.4 is 9.47 Å². The molecule has 1 aromatic carbocycles. The Morgan fingerprint density at radius 3 is 2.50 bits per heavy atom. The number of hydrogen-bond donors (Lipinski definition) is 0. The number of rotatable bonds is 11. The molecule has 0 aliphatic carbocycles. The van der Waals surface area contributed by atoms with Crippen LogP contribution in [0, 0.1) is 0 Å². The molecule has 146 valence electrons. The monoisotopic (exact) mass is 465 g/mol. The minimum Gasteiger partial charge on any atom is -0.492 e. The lowest BCUT2D eigenvalue weighted by Crippen LogP contribution is -2.04. The predicted molar refractivity (Wildman–Crippen MR) is 113 cm³/mol. The van der Waals surface area contributed by atoms with Crippen LogP contribution in [0.2, 0.25) is 5.02 Å². The first kappa shape index (κ1) is 23.1. The van der Waals surface area contributed by atoms with Crippen LogP contribution in [0.1, 0.15) is 52.0 Å². The highest BCUT2D eigenvalue weighted by atomic mass is 79.9. The van der Waals surface area contributed by atoms with E-state index in [1.54, 1.807) is 12.1 Å². The number of unbranched alkanes of at least 4 members (excludes halogenated alkanes) is 1. The maximum Gasteiger partial charge on any atom is 0.141 e. The smallest absolute Gasteiger partial charge is 0.141 e. The molecule has 0 saturated carbocycles. The normalized spacial score (nSPS) is 11.5. The molecular formula is C19H26BrCl2NO3. The molecule has 0 bridgehead atoms. The van der Waals surface area contributed by atoms with Gasteiger partial charge in [-0.15, -0.1) is 0 Å². The fourth-order valence-corrected chi connectivity index (χ4v) is 2.54. The van der Waals surface area contributed by atoms with Gasteiger partial charge in [0, 0.05) is 11.6 Å². The van der Waals surface area contributed by atoms with E-state index in [1.807, 2.05) is 19.9 Å². The molecule has 0 atom stereocenters. The maximum absolute atomic E-state index is 6.42. The molecule has 1 aromatic rings. The third kappa shape index (κ3) is 9.15. The minimum absolute atomic E-state index is 0.256. The average molecular weight is 467 g/mol. The molecule has 26 heavy (non-hydrogen) atoms. The van der Waals surface area contributed by atoms with E-state index in [0.29, 0.717) is 40.3 Å². The quantitative estimate of drug-likeness (QED) is 0.202. The Labute approximate surface area is 174 Å². The van der Waals surface area contributed by atoms with E-state index in [-0.39, 0.29) is 5.92 Å². The zero-order valence-corrected chi connectivity index (χ0v) is 18.7. The third-order valence-electron chi connectivity index (χ3n) is 3.28. The summed E-state index contributed by atoms with van der Waals surface area (Å²) in [5, 5.41) is 4.45. The van der Waals surface area contributed by atoms with E-state index < -0.39 is 0 Å². The summed E-state index contributed by atoms with van der Waals surface area (Å²) in [6.45, 7) is 9.49. The Bertz CT molecular complexity index is 625. The molecule has 7 heteroatoms. The highest BCUT2D eigenvalue weighted by molar-refractivity contribution is 9.12. The van der Waals surface area contributed by atoms with Gasteiger partial charge in [0.05, 0.1) is 21.3 Å². The second kappa shape index (κ2) is 12.5. The lowest BCUT2D eigenvalue weighted by Gasteiger charge is -2.17. The van der Waals surface area contributed by atoms with Gasteiger partial charge in [0.2, 0.25) is 0 Å². The molecule has 4 nitrogen and oxygen atoms in total. The number of nitrogens with zero attached hydrogens (tertiary/aromatic N) is 1. The van der Waals surface area contributed by atoms with Gasteiger partial charge in [-0.2, -0.15) is 0 Å². The molecule has 0 radical (unpaired) electrons. The summed E-state index contributed by atoms with van der Waals surface area (Å²) in [7, 11) is 0. The molecule has 0 aliphatic heterocycles. The van der Waals surface area contributed by atoms with Gasteiger partial charge >= 0.3 is 0 Å². The molecule has 0 fully saturated rings. The van der Waals surface area contributed by atoms with Crippen molar-refractivity contribution in [1.82, 2.24) is 0 Å². The van der Waals surface area contributed by atoms with Crippen molar-refractivity contribution >= 4 is 44.8 Å². The van der Waals surface area contributed by atoms with Crippen molar-refractivity contribution in [3.8, 4) is 11.5 Å². The zero-order valence-electron chi connectivity index (χ0n) is 15.7. The average Bonchev–Trinajstić information content (AvgIpc) is 2.54. The predicted octanol–water partition coefficient (Wildman–Crippen LogP) is 6.89. The summed E-state index contributed by atoms with van der Waals surface area (Å²) in [6.07, 6.45) is 3.45. The van der Waals surface area contributed by atoms with Gasteiger partial charge in [0.25, 0.3) is 0 Å². The van der Waals surface area contributed by atoms with Gasteiger partial charge in [0.15, 0.2) is 0 Å². The summed E-state index contributed by atoms with van der Waals surface area (Å²) < 4.78 is 12.1. The van der Waals surface area contributed by atoms with E-state index in [1.165, 1.54) is 0 Å². The molecule has 0 amide bonds. The molecule has 0 saturated heterocycles. The van der Waals surface area contributed by atoms with Gasteiger partial charge in [-0.05, 0) is 60.7 Å². The van der Waals surface area contributed by atoms with Crippen molar-refractivity contribution in [2.45, 2.75) is 46.5 Å².